The van der Waals surface area contributed by atoms with Crippen molar-refractivity contribution in [3.05, 3.63) is 22.5 Å². The Hall–Kier alpha value is -1.89. The fraction of sp³-hybridized carbons (Fsp3) is 0.750. The summed E-state index contributed by atoms with van der Waals surface area (Å²) in [6.45, 7) is 9.23. The summed E-state index contributed by atoms with van der Waals surface area (Å²) in [6.07, 6.45) is 5.57. The van der Waals surface area contributed by atoms with Gasteiger partial charge in [-0.15, -0.1) is 0 Å². The number of nitrogens with zero attached hydrogens (tertiary/aromatic N) is 4. The lowest BCUT2D eigenvalue weighted by Gasteiger charge is -2.39. The van der Waals surface area contributed by atoms with E-state index in [0.717, 1.165) is 57.7 Å². The summed E-state index contributed by atoms with van der Waals surface area (Å²) >= 11 is 0. The van der Waals surface area contributed by atoms with Crippen LogP contribution in [0.2, 0.25) is 0 Å². The number of hydrogen-bond acceptors (Lipinski definition) is 5. The van der Waals surface area contributed by atoms with Gasteiger partial charge >= 0.3 is 0 Å². The number of hydrogen-bond donors (Lipinski definition) is 1. The topological polar surface area (TPSA) is 70.5 Å². The van der Waals surface area contributed by atoms with Crippen LogP contribution in [0.15, 0.2) is 16.9 Å². The average Bonchev–Trinajstić information content (AvgIpc) is 2.67. The zero-order valence-electron chi connectivity index (χ0n) is 16.9. The minimum atomic E-state index is -0.0438. The lowest BCUT2D eigenvalue weighted by Crippen LogP contribution is -2.51. The molecular weight excluding hydrogens is 342 g/mol. The van der Waals surface area contributed by atoms with E-state index in [9.17, 15) is 9.59 Å². The van der Waals surface area contributed by atoms with Crippen LogP contribution in [0.1, 0.15) is 58.9 Å². The summed E-state index contributed by atoms with van der Waals surface area (Å²) in [5.41, 5.74) is -0.0438. The molecule has 150 valence electrons. The minimum Gasteiger partial charge on any atom is -0.351 e. The average molecular weight is 376 g/mol. The molecule has 1 amide bonds. The molecule has 0 saturated carbocycles. The van der Waals surface area contributed by atoms with Gasteiger partial charge in [-0.25, -0.2) is 4.68 Å². The molecule has 2 aliphatic heterocycles. The molecule has 7 heteroatoms. The molecule has 1 N–H and O–H groups in total. The maximum Gasteiger partial charge on any atom is 0.267 e. The monoisotopic (exact) mass is 375 g/mol. The second kappa shape index (κ2) is 8.87. The van der Waals surface area contributed by atoms with Crippen molar-refractivity contribution in [2.24, 2.45) is 0 Å². The van der Waals surface area contributed by atoms with Crippen LogP contribution in [0, 0.1) is 0 Å². The maximum absolute atomic E-state index is 12.0. The quantitative estimate of drug-likeness (QED) is 0.850. The smallest absolute Gasteiger partial charge is 0.267 e. The van der Waals surface area contributed by atoms with Crippen molar-refractivity contribution in [3.63, 3.8) is 0 Å². The zero-order valence-corrected chi connectivity index (χ0v) is 16.9. The molecule has 7 nitrogen and oxygen atoms in total. The Morgan fingerprint density at radius 2 is 1.93 bits per heavy atom. The van der Waals surface area contributed by atoms with Crippen LogP contribution in [0.3, 0.4) is 0 Å². The molecule has 3 heterocycles. The Morgan fingerprint density at radius 3 is 2.59 bits per heavy atom. The van der Waals surface area contributed by atoms with E-state index in [-0.39, 0.29) is 17.5 Å². The highest BCUT2D eigenvalue weighted by Crippen LogP contribution is 2.23. The number of carbonyl (C=O) groups is 1. The Balaban J connectivity index is 1.62. The Bertz CT molecular complexity index is 694. The SMILES string of the molecule is CC(=O)N1CCC(NCC2CCCCN2c2ccc(=O)n(C(C)C)n2)CC1. The number of amides is 1. The van der Waals surface area contributed by atoms with Crippen molar-refractivity contribution >= 4 is 11.7 Å². The second-order valence-corrected chi connectivity index (χ2v) is 8.10. The Kier molecular flexibility index (Phi) is 6.52. The first-order valence-corrected chi connectivity index (χ1v) is 10.3. The molecule has 0 aliphatic carbocycles. The van der Waals surface area contributed by atoms with Crippen LogP contribution in [0.5, 0.6) is 0 Å². The van der Waals surface area contributed by atoms with Gasteiger partial charge in [0.25, 0.3) is 5.56 Å². The van der Waals surface area contributed by atoms with Gasteiger partial charge in [0.15, 0.2) is 0 Å². The van der Waals surface area contributed by atoms with Gasteiger partial charge in [-0.05, 0) is 52.0 Å². The van der Waals surface area contributed by atoms with Crippen LogP contribution in [0.4, 0.5) is 5.82 Å². The molecular formula is C20H33N5O2. The number of carbonyl (C=O) groups excluding carboxylic acids is 1. The van der Waals surface area contributed by atoms with Crippen molar-refractivity contribution in [1.82, 2.24) is 20.0 Å². The largest absolute Gasteiger partial charge is 0.351 e. The molecule has 1 aromatic rings. The first-order valence-electron chi connectivity index (χ1n) is 10.3. The van der Waals surface area contributed by atoms with Crippen molar-refractivity contribution in [2.45, 2.75) is 71.0 Å². The van der Waals surface area contributed by atoms with E-state index in [0.29, 0.717) is 12.1 Å². The standard InChI is InChI=1S/C20H33N5O2/c1-15(2)25-20(27)8-7-19(22-25)24-11-5-4-6-18(24)14-21-17-9-12-23(13-10-17)16(3)26/h7-8,15,17-18,21H,4-6,9-14H2,1-3H3. The Morgan fingerprint density at radius 1 is 1.19 bits per heavy atom. The summed E-state index contributed by atoms with van der Waals surface area (Å²) in [4.78, 5) is 27.8. The van der Waals surface area contributed by atoms with E-state index in [1.54, 1.807) is 17.7 Å². The molecule has 0 spiro atoms. The molecule has 1 unspecified atom stereocenters. The number of likely N-dealkylation sites (tertiary alicyclic amines) is 1. The normalized spacial score (nSPS) is 21.7. The van der Waals surface area contributed by atoms with Gasteiger partial charge in [0.05, 0.1) is 6.04 Å². The second-order valence-electron chi connectivity index (χ2n) is 8.10. The van der Waals surface area contributed by atoms with Crippen LogP contribution in [-0.4, -0.2) is 58.9 Å². The minimum absolute atomic E-state index is 0.0438. The number of rotatable bonds is 5. The van der Waals surface area contributed by atoms with Gasteiger partial charge in [-0.3, -0.25) is 9.59 Å². The lowest BCUT2D eigenvalue weighted by atomic mass is 10.00. The summed E-state index contributed by atoms with van der Waals surface area (Å²) in [5.74, 6) is 1.08. The van der Waals surface area contributed by atoms with Crippen LogP contribution in [-0.2, 0) is 4.79 Å². The molecule has 1 aromatic heterocycles. The zero-order chi connectivity index (χ0) is 19.4. The van der Waals surface area contributed by atoms with E-state index >= 15 is 0 Å². The van der Waals surface area contributed by atoms with E-state index in [4.69, 9.17) is 0 Å². The van der Waals surface area contributed by atoms with E-state index in [1.165, 1.54) is 6.42 Å². The number of piperidine rings is 2. The maximum atomic E-state index is 12.0. The molecule has 0 aromatic carbocycles. The van der Waals surface area contributed by atoms with Crippen molar-refractivity contribution in [2.75, 3.05) is 31.1 Å². The summed E-state index contributed by atoms with van der Waals surface area (Å²) < 4.78 is 1.58. The molecule has 0 bridgehead atoms. The first-order chi connectivity index (χ1) is 13.0. The molecule has 0 radical (unpaired) electrons. The van der Waals surface area contributed by atoms with E-state index < -0.39 is 0 Å². The third-order valence-corrected chi connectivity index (χ3v) is 5.80. The first kappa shape index (κ1) is 19.9. The number of aromatic nitrogens is 2. The highest BCUT2D eigenvalue weighted by molar-refractivity contribution is 5.73. The van der Waals surface area contributed by atoms with Crippen molar-refractivity contribution in [3.8, 4) is 0 Å². The number of anilines is 1. The van der Waals surface area contributed by atoms with E-state index in [1.807, 2.05) is 24.8 Å². The number of nitrogens with one attached hydrogen (secondary N) is 1. The van der Waals surface area contributed by atoms with Gasteiger partial charge in [0.2, 0.25) is 5.91 Å². The third kappa shape index (κ3) is 4.89. The highest BCUT2D eigenvalue weighted by Gasteiger charge is 2.26. The van der Waals surface area contributed by atoms with Crippen molar-refractivity contribution < 1.29 is 4.79 Å². The molecule has 2 fully saturated rings. The van der Waals surface area contributed by atoms with Gasteiger partial charge in [0, 0.05) is 51.3 Å². The van der Waals surface area contributed by atoms with Gasteiger partial charge in [-0.1, -0.05) is 0 Å². The van der Waals surface area contributed by atoms with Crippen LogP contribution in [0.25, 0.3) is 0 Å². The predicted octanol–water partition coefficient (Wildman–Crippen LogP) is 1.78. The van der Waals surface area contributed by atoms with Crippen molar-refractivity contribution in [1.29, 1.82) is 0 Å². The van der Waals surface area contributed by atoms with Gasteiger partial charge in [-0.2, -0.15) is 5.10 Å². The molecule has 2 saturated heterocycles. The highest BCUT2D eigenvalue weighted by atomic mass is 16.2. The molecule has 1 atom stereocenters. The Labute approximate surface area is 161 Å². The van der Waals surface area contributed by atoms with E-state index in [2.05, 4.69) is 15.3 Å². The summed E-state index contributed by atoms with van der Waals surface area (Å²) in [5, 5.41) is 8.35. The van der Waals surface area contributed by atoms with Crippen LogP contribution < -0.4 is 15.8 Å². The third-order valence-electron chi connectivity index (χ3n) is 5.80. The molecule has 27 heavy (non-hydrogen) atoms. The molecule has 2 aliphatic rings. The fourth-order valence-corrected chi connectivity index (χ4v) is 4.15. The summed E-state index contributed by atoms with van der Waals surface area (Å²) in [7, 11) is 0. The molecule has 3 rings (SSSR count). The fourth-order valence-electron chi connectivity index (χ4n) is 4.15. The van der Waals surface area contributed by atoms with Gasteiger partial charge in [0.1, 0.15) is 5.82 Å². The summed E-state index contributed by atoms with van der Waals surface area (Å²) in [6, 6.07) is 4.44. The predicted molar refractivity (Wildman–Crippen MR) is 107 cm³/mol. The lowest BCUT2D eigenvalue weighted by molar-refractivity contribution is -0.129. The van der Waals surface area contributed by atoms with Gasteiger partial charge < -0.3 is 15.1 Å². The van der Waals surface area contributed by atoms with Crippen LogP contribution >= 0.6 is 0 Å².